The van der Waals surface area contributed by atoms with Gasteiger partial charge in [0.25, 0.3) is 11.8 Å². The highest BCUT2D eigenvalue weighted by Crippen LogP contribution is 2.59. The summed E-state index contributed by atoms with van der Waals surface area (Å²) in [6.07, 6.45) is 7.70. The van der Waals surface area contributed by atoms with Crippen molar-refractivity contribution in [2.75, 3.05) is 26.3 Å². The Kier molecular flexibility index (Phi) is 9.01. The van der Waals surface area contributed by atoms with Crippen LogP contribution in [0.4, 0.5) is 4.79 Å². The molecule has 3 aromatic rings. The number of rotatable bonds is 10. The van der Waals surface area contributed by atoms with Crippen LogP contribution < -0.4 is 9.47 Å². The summed E-state index contributed by atoms with van der Waals surface area (Å²) in [6, 6.07) is 18.9. The van der Waals surface area contributed by atoms with Crippen LogP contribution in [0, 0.1) is 5.92 Å². The van der Waals surface area contributed by atoms with Crippen LogP contribution in [-0.4, -0.2) is 60.1 Å². The van der Waals surface area contributed by atoms with Crippen LogP contribution >= 0.6 is 15.9 Å². The predicted octanol–water partition coefficient (Wildman–Crippen LogP) is 7.70. The average Bonchev–Trinajstić information content (AvgIpc) is 3.34. The minimum absolute atomic E-state index is 0.0224. The Morgan fingerprint density at radius 1 is 0.957 bits per heavy atom. The number of carbonyl (C=O) groups is 3. The average molecular weight is 702 g/mol. The first-order valence-corrected chi connectivity index (χ1v) is 17.8. The summed E-state index contributed by atoms with van der Waals surface area (Å²) in [5.74, 6) is 1.02. The first-order chi connectivity index (χ1) is 22.9. The van der Waals surface area contributed by atoms with E-state index in [1.165, 1.54) is 10.5 Å². The maximum absolute atomic E-state index is 13.6. The van der Waals surface area contributed by atoms with E-state index in [0.717, 1.165) is 60.5 Å². The van der Waals surface area contributed by atoms with E-state index in [9.17, 15) is 14.4 Å². The van der Waals surface area contributed by atoms with Crippen LogP contribution in [0.5, 0.6) is 11.5 Å². The van der Waals surface area contributed by atoms with Gasteiger partial charge in [-0.25, -0.2) is 4.79 Å². The number of nitrogens with zero attached hydrogens (tertiary/aromatic N) is 2. The molecule has 4 aliphatic rings. The number of carbonyl (C=O) groups excluding carboxylic acids is 3. The molecular formula is C38H41BrN2O6. The number of halogens is 1. The highest BCUT2D eigenvalue weighted by molar-refractivity contribution is 9.10. The zero-order valence-corrected chi connectivity index (χ0v) is 28.4. The molecule has 47 heavy (non-hydrogen) atoms. The summed E-state index contributed by atoms with van der Waals surface area (Å²) in [4.78, 5) is 42.8. The fraction of sp³-hybridized carbons (Fsp3) is 0.447. The summed E-state index contributed by atoms with van der Waals surface area (Å²) >= 11 is 3.94. The molecule has 3 atom stereocenters. The lowest BCUT2D eigenvalue weighted by molar-refractivity contribution is -0.0140. The second kappa shape index (κ2) is 13.3. The number of hydrogen-bond acceptors (Lipinski definition) is 6. The van der Waals surface area contributed by atoms with Crippen molar-refractivity contribution in [1.82, 2.24) is 9.80 Å². The fourth-order valence-corrected chi connectivity index (χ4v) is 9.03. The largest absolute Gasteiger partial charge is 0.490 e. The van der Waals surface area contributed by atoms with E-state index in [1.54, 1.807) is 24.3 Å². The van der Waals surface area contributed by atoms with Crippen molar-refractivity contribution < 1.29 is 28.6 Å². The lowest BCUT2D eigenvalue weighted by atomic mass is 9.52. The molecule has 3 amide bonds. The van der Waals surface area contributed by atoms with E-state index >= 15 is 0 Å². The van der Waals surface area contributed by atoms with Crippen LogP contribution in [0.2, 0.25) is 0 Å². The normalized spacial score (nSPS) is 22.8. The number of amides is 3. The molecule has 1 saturated heterocycles. The molecule has 246 valence electrons. The van der Waals surface area contributed by atoms with E-state index < -0.39 is 0 Å². The first kappa shape index (κ1) is 31.7. The molecule has 0 radical (unpaired) electrons. The van der Waals surface area contributed by atoms with Gasteiger partial charge in [-0.1, -0.05) is 68.7 Å². The van der Waals surface area contributed by atoms with E-state index in [2.05, 4.69) is 28.9 Å². The quantitative estimate of drug-likeness (QED) is 0.159. The third-order valence-corrected chi connectivity index (χ3v) is 11.5. The van der Waals surface area contributed by atoms with Crippen molar-refractivity contribution in [1.29, 1.82) is 0 Å². The van der Waals surface area contributed by atoms with Crippen LogP contribution in [0.15, 0.2) is 65.1 Å². The molecule has 2 fully saturated rings. The van der Waals surface area contributed by atoms with Gasteiger partial charge in [0.05, 0.1) is 28.8 Å². The van der Waals surface area contributed by atoms with Gasteiger partial charge < -0.3 is 19.1 Å². The van der Waals surface area contributed by atoms with Crippen molar-refractivity contribution in [2.24, 2.45) is 5.92 Å². The SMILES string of the molecule is CCCCOc1cc2c(c(Br)c1OCCN1C(=O)c3ccccc3C1=O)C[C@H]1C3CCCC[C@@]23CCN1C(=O)OCc1ccccc1. The summed E-state index contributed by atoms with van der Waals surface area (Å²) in [5, 5.41) is 0. The van der Waals surface area contributed by atoms with Crippen molar-refractivity contribution in [3.63, 3.8) is 0 Å². The van der Waals surface area contributed by atoms with Crippen molar-refractivity contribution in [3.05, 3.63) is 93.0 Å². The Bertz CT molecular complexity index is 1640. The molecule has 2 bridgehead atoms. The smallest absolute Gasteiger partial charge is 0.410 e. The van der Waals surface area contributed by atoms with Crippen molar-refractivity contribution in [3.8, 4) is 11.5 Å². The fourth-order valence-electron chi connectivity index (χ4n) is 8.34. The zero-order chi connectivity index (χ0) is 32.5. The number of ether oxygens (including phenoxy) is 3. The van der Waals surface area contributed by atoms with Crippen LogP contribution in [0.1, 0.15) is 89.3 Å². The molecule has 1 saturated carbocycles. The van der Waals surface area contributed by atoms with Crippen LogP contribution in [-0.2, 0) is 23.2 Å². The van der Waals surface area contributed by atoms with E-state index in [0.29, 0.717) is 48.1 Å². The van der Waals surface area contributed by atoms with Gasteiger partial charge in [-0.2, -0.15) is 0 Å². The third-order valence-electron chi connectivity index (χ3n) is 10.6. The second-order valence-corrected chi connectivity index (χ2v) is 14.0. The number of fused-ring (bicyclic) bond motifs is 2. The summed E-state index contributed by atoms with van der Waals surface area (Å²) < 4.78 is 19.5. The summed E-state index contributed by atoms with van der Waals surface area (Å²) in [6.45, 7) is 3.87. The lowest BCUT2D eigenvalue weighted by Gasteiger charge is -2.58. The molecule has 0 N–H and O–H groups in total. The van der Waals surface area contributed by atoms with Crippen LogP contribution in [0.25, 0.3) is 0 Å². The molecule has 2 heterocycles. The van der Waals surface area contributed by atoms with Gasteiger partial charge in [0.2, 0.25) is 0 Å². The standard InChI is InChI=1S/C38H41BrN2O6/c1-2-3-20-45-32-23-30-28(33(39)34(32)46-21-19-41-35(42)26-13-7-8-14-27(26)36(41)43)22-31-29-15-9-10-16-38(29,30)17-18-40(31)37(44)47-24-25-11-5-4-6-12-25/h4-8,11-14,23,29,31H,2-3,9-10,15-22,24H2,1H3/t29?,31-,38-/m0/s1. The van der Waals surface area contributed by atoms with E-state index in [4.69, 9.17) is 14.2 Å². The molecule has 0 spiro atoms. The number of likely N-dealkylation sites (tertiary alicyclic amines) is 1. The Morgan fingerprint density at radius 2 is 1.70 bits per heavy atom. The highest BCUT2D eigenvalue weighted by Gasteiger charge is 2.56. The van der Waals surface area contributed by atoms with Gasteiger partial charge in [0.1, 0.15) is 13.2 Å². The molecule has 1 unspecified atom stereocenters. The Labute approximate surface area is 284 Å². The number of unbranched alkanes of at least 4 members (excludes halogenated alkanes) is 1. The molecule has 8 nitrogen and oxygen atoms in total. The third kappa shape index (κ3) is 5.70. The molecule has 2 aliphatic carbocycles. The Hall–Kier alpha value is -3.85. The van der Waals surface area contributed by atoms with Gasteiger partial charge in [0.15, 0.2) is 11.5 Å². The Morgan fingerprint density at radius 3 is 2.45 bits per heavy atom. The molecule has 7 rings (SSSR count). The second-order valence-electron chi connectivity index (χ2n) is 13.2. The van der Waals surface area contributed by atoms with E-state index in [-0.39, 0.29) is 49.1 Å². The summed E-state index contributed by atoms with van der Waals surface area (Å²) in [7, 11) is 0. The van der Waals surface area contributed by atoms with Gasteiger partial charge in [-0.3, -0.25) is 14.5 Å². The number of hydrogen-bond donors (Lipinski definition) is 0. The monoisotopic (exact) mass is 700 g/mol. The van der Waals surface area contributed by atoms with Gasteiger partial charge in [0, 0.05) is 18.0 Å². The molecule has 3 aromatic carbocycles. The first-order valence-electron chi connectivity index (χ1n) is 17.0. The molecule has 0 aromatic heterocycles. The number of piperidine rings is 1. The predicted molar refractivity (Wildman–Crippen MR) is 181 cm³/mol. The van der Waals surface area contributed by atoms with Gasteiger partial charge in [-0.05, 0) is 88.8 Å². The molecule has 2 aliphatic heterocycles. The molecule has 9 heteroatoms. The number of benzene rings is 3. The van der Waals surface area contributed by atoms with Crippen LogP contribution in [0.3, 0.4) is 0 Å². The van der Waals surface area contributed by atoms with Gasteiger partial charge in [-0.15, -0.1) is 0 Å². The maximum Gasteiger partial charge on any atom is 0.410 e. The van der Waals surface area contributed by atoms with Crippen molar-refractivity contribution >= 4 is 33.8 Å². The zero-order valence-electron chi connectivity index (χ0n) is 26.8. The minimum atomic E-state index is -0.298. The van der Waals surface area contributed by atoms with Gasteiger partial charge >= 0.3 is 6.09 Å². The topological polar surface area (TPSA) is 85.4 Å². The van der Waals surface area contributed by atoms with Crippen molar-refractivity contribution in [2.45, 2.75) is 76.4 Å². The number of imide groups is 1. The summed E-state index contributed by atoms with van der Waals surface area (Å²) in [5.41, 5.74) is 4.23. The van der Waals surface area contributed by atoms with E-state index in [1.807, 2.05) is 35.2 Å². The lowest BCUT2D eigenvalue weighted by Crippen LogP contribution is -2.62. The minimum Gasteiger partial charge on any atom is -0.490 e. The Balaban J connectivity index is 1.17. The maximum atomic E-state index is 13.6. The molecular weight excluding hydrogens is 660 g/mol. The highest BCUT2D eigenvalue weighted by atomic mass is 79.9.